The van der Waals surface area contributed by atoms with Gasteiger partial charge >= 0.3 is 0 Å². The fraction of sp³-hybridized carbons (Fsp3) is 0.643. The van der Waals surface area contributed by atoms with Gasteiger partial charge in [0.25, 0.3) is 0 Å². The summed E-state index contributed by atoms with van der Waals surface area (Å²) in [6.07, 6.45) is 5.88. The van der Waals surface area contributed by atoms with Gasteiger partial charge in [-0.2, -0.15) is 0 Å². The smallest absolute Gasteiger partial charge is 0.0737 e. The number of aromatic nitrogens is 1. The highest BCUT2D eigenvalue weighted by Gasteiger charge is 2.43. The number of rotatable bonds is 1. The first-order valence-corrected chi connectivity index (χ1v) is 7.60. The topological polar surface area (TPSA) is 28.2 Å². The van der Waals surface area contributed by atoms with Crippen molar-refractivity contribution in [3.63, 3.8) is 0 Å². The molecule has 1 aromatic rings. The van der Waals surface area contributed by atoms with Gasteiger partial charge in [-0.1, -0.05) is 6.42 Å². The van der Waals surface area contributed by atoms with Crippen LogP contribution in [0.4, 0.5) is 0 Å². The third kappa shape index (κ3) is 2.10. The zero-order valence-electron chi connectivity index (χ0n) is 10.8. The van der Waals surface area contributed by atoms with Gasteiger partial charge in [0, 0.05) is 29.8 Å². The molecule has 2 saturated heterocycles. The normalized spacial score (nSPS) is 33.1. The molecule has 0 aromatic carbocycles. The average molecular weight is 310 g/mol. The van der Waals surface area contributed by atoms with Gasteiger partial charge in [-0.25, -0.2) is 0 Å². The zero-order valence-corrected chi connectivity index (χ0v) is 12.4. The highest BCUT2D eigenvalue weighted by atomic mass is 79.9. The van der Waals surface area contributed by atoms with Crippen LogP contribution in [-0.2, 0) is 5.54 Å². The van der Waals surface area contributed by atoms with Gasteiger partial charge in [0.15, 0.2) is 0 Å². The van der Waals surface area contributed by atoms with Crippen molar-refractivity contribution >= 4 is 15.9 Å². The van der Waals surface area contributed by atoms with Gasteiger partial charge < -0.3 is 5.32 Å². The lowest BCUT2D eigenvalue weighted by Crippen LogP contribution is -2.64. The van der Waals surface area contributed by atoms with E-state index in [0.29, 0.717) is 6.04 Å². The molecule has 18 heavy (non-hydrogen) atoms. The predicted octanol–water partition coefficient (Wildman–Crippen LogP) is 2.52. The highest BCUT2D eigenvalue weighted by molar-refractivity contribution is 9.10. The molecule has 2 aliphatic heterocycles. The van der Waals surface area contributed by atoms with Crippen molar-refractivity contribution in [2.45, 2.75) is 37.8 Å². The quantitative estimate of drug-likeness (QED) is 0.864. The molecule has 0 aliphatic carbocycles. The van der Waals surface area contributed by atoms with Crippen molar-refractivity contribution in [1.29, 1.82) is 0 Å². The van der Waals surface area contributed by atoms with Gasteiger partial charge in [0.2, 0.25) is 0 Å². The molecule has 4 heteroatoms. The summed E-state index contributed by atoms with van der Waals surface area (Å²) < 4.78 is 1.05. The Balaban J connectivity index is 1.93. The van der Waals surface area contributed by atoms with E-state index in [-0.39, 0.29) is 5.54 Å². The fourth-order valence-electron chi connectivity index (χ4n) is 3.43. The summed E-state index contributed by atoms with van der Waals surface area (Å²) in [7, 11) is 0. The van der Waals surface area contributed by atoms with Crippen LogP contribution in [0.15, 0.2) is 22.8 Å². The van der Waals surface area contributed by atoms with Crippen LogP contribution in [0.25, 0.3) is 0 Å². The number of hydrogen-bond donors (Lipinski definition) is 1. The number of piperidine rings is 1. The maximum absolute atomic E-state index is 4.63. The molecular weight excluding hydrogens is 290 g/mol. The SMILES string of the molecule is CC1(c2ccc(Br)cn2)NCCN2CCCCC21. The van der Waals surface area contributed by atoms with E-state index in [1.54, 1.807) is 0 Å². The van der Waals surface area contributed by atoms with Crippen LogP contribution in [0.2, 0.25) is 0 Å². The molecule has 2 atom stereocenters. The Kier molecular flexibility index (Phi) is 3.43. The molecule has 0 amide bonds. The van der Waals surface area contributed by atoms with E-state index in [0.717, 1.165) is 11.0 Å². The summed E-state index contributed by atoms with van der Waals surface area (Å²) in [4.78, 5) is 7.27. The Morgan fingerprint density at radius 1 is 1.39 bits per heavy atom. The third-order valence-corrected chi connectivity index (χ3v) is 4.90. The molecule has 0 spiro atoms. The van der Waals surface area contributed by atoms with Crippen LogP contribution in [0, 0.1) is 0 Å². The molecule has 3 heterocycles. The second kappa shape index (κ2) is 4.91. The lowest BCUT2D eigenvalue weighted by Gasteiger charge is -2.51. The van der Waals surface area contributed by atoms with Crippen molar-refractivity contribution in [3.05, 3.63) is 28.5 Å². The predicted molar refractivity (Wildman–Crippen MR) is 76.5 cm³/mol. The molecule has 2 unspecified atom stereocenters. The largest absolute Gasteiger partial charge is 0.304 e. The average Bonchev–Trinajstić information content (AvgIpc) is 2.40. The first-order valence-electron chi connectivity index (χ1n) is 6.81. The Bertz CT molecular complexity index is 418. The molecule has 98 valence electrons. The fourth-order valence-corrected chi connectivity index (χ4v) is 3.67. The summed E-state index contributed by atoms with van der Waals surface area (Å²) in [5, 5.41) is 3.71. The van der Waals surface area contributed by atoms with Crippen molar-refractivity contribution in [1.82, 2.24) is 15.2 Å². The monoisotopic (exact) mass is 309 g/mol. The van der Waals surface area contributed by atoms with E-state index in [9.17, 15) is 0 Å². The van der Waals surface area contributed by atoms with E-state index >= 15 is 0 Å². The Labute approximate surface area is 117 Å². The summed E-state index contributed by atoms with van der Waals surface area (Å²) in [6, 6.07) is 4.83. The number of nitrogens with one attached hydrogen (secondary N) is 1. The molecule has 1 aromatic heterocycles. The van der Waals surface area contributed by atoms with Gasteiger partial charge in [-0.05, 0) is 54.4 Å². The maximum Gasteiger partial charge on any atom is 0.0737 e. The van der Waals surface area contributed by atoms with Gasteiger partial charge in [-0.15, -0.1) is 0 Å². The first kappa shape index (κ1) is 12.6. The van der Waals surface area contributed by atoms with Crippen molar-refractivity contribution in [2.24, 2.45) is 0 Å². The van der Waals surface area contributed by atoms with E-state index in [2.05, 4.69) is 50.2 Å². The summed E-state index contributed by atoms with van der Waals surface area (Å²) in [5.74, 6) is 0. The van der Waals surface area contributed by atoms with Crippen molar-refractivity contribution in [3.8, 4) is 0 Å². The van der Waals surface area contributed by atoms with Crippen LogP contribution < -0.4 is 5.32 Å². The molecular formula is C14H20BrN3. The third-order valence-electron chi connectivity index (χ3n) is 4.43. The van der Waals surface area contributed by atoms with Crippen LogP contribution in [0.1, 0.15) is 31.9 Å². The molecule has 3 nitrogen and oxygen atoms in total. The van der Waals surface area contributed by atoms with Gasteiger partial charge in [0.05, 0.1) is 11.2 Å². The number of hydrogen-bond acceptors (Lipinski definition) is 3. The van der Waals surface area contributed by atoms with E-state index < -0.39 is 0 Å². The molecule has 3 rings (SSSR count). The number of piperazine rings is 1. The van der Waals surface area contributed by atoms with Gasteiger partial charge in [0.1, 0.15) is 0 Å². The molecule has 0 bridgehead atoms. The summed E-state index contributed by atoms with van der Waals surface area (Å²) >= 11 is 3.46. The summed E-state index contributed by atoms with van der Waals surface area (Å²) in [5.41, 5.74) is 1.17. The lowest BCUT2D eigenvalue weighted by atomic mass is 9.80. The number of nitrogens with zero attached hydrogens (tertiary/aromatic N) is 2. The molecule has 2 fully saturated rings. The molecule has 0 saturated carbocycles. The minimum Gasteiger partial charge on any atom is -0.304 e. The van der Waals surface area contributed by atoms with Crippen molar-refractivity contribution < 1.29 is 0 Å². The Hall–Kier alpha value is -0.450. The second-order valence-corrected chi connectivity index (χ2v) is 6.45. The second-order valence-electron chi connectivity index (χ2n) is 5.54. The number of halogens is 1. The minimum absolute atomic E-state index is 0.000625. The zero-order chi connectivity index (χ0) is 12.6. The molecule has 2 aliphatic rings. The lowest BCUT2D eigenvalue weighted by molar-refractivity contribution is 0.0317. The maximum atomic E-state index is 4.63. The molecule has 0 radical (unpaired) electrons. The van der Waals surface area contributed by atoms with Crippen LogP contribution >= 0.6 is 15.9 Å². The Morgan fingerprint density at radius 2 is 2.28 bits per heavy atom. The molecule has 1 N–H and O–H groups in total. The number of fused-ring (bicyclic) bond motifs is 1. The van der Waals surface area contributed by atoms with Crippen LogP contribution in [0.5, 0.6) is 0 Å². The summed E-state index contributed by atoms with van der Waals surface area (Å²) in [6.45, 7) is 5.80. The van der Waals surface area contributed by atoms with Gasteiger partial charge in [-0.3, -0.25) is 9.88 Å². The minimum atomic E-state index is -0.000625. The van der Waals surface area contributed by atoms with Crippen LogP contribution in [0.3, 0.4) is 0 Å². The highest BCUT2D eigenvalue weighted by Crippen LogP contribution is 2.35. The number of pyridine rings is 1. The standard InChI is InChI=1S/C14H20BrN3/c1-14(12-6-5-11(15)10-16-12)13-4-2-3-8-18(13)9-7-17-14/h5-6,10,13,17H,2-4,7-9H2,1H3. The van der Waals surface area contributed by atoms with E-state index in [4.69, 9.17) is 0 Å². The van der Waals surface area contributed by atoms with E-state index in [1.165, 1.54) is 38.0 Å². The van der Waals surface area contributed by atoms with Crippen LogP contribution in [-0.4, -0.2) is 35.6 Å². The van der Waals surface area contributed by atoms with E-state index in [1.807, 2.05) is 6.20 Å². The van der Waals surface area contributed by atoms with Crippen molar-refractivity contribution in [2.75, 3.05) is 19.6 Å². The first-order chi connectivity index (χ1) is 8.70. The Morgan fingerprint density at radius 3 is 3.06 bits per heavy atom.